The zero-order valence-corrected chi connectivity index (χ0v) is 12.1. The first-order valence-electron chi connectivity index (χ1n) is 5.87. The Morgan fingerprint density at radius 2 is 2.22 bits per heavy atom. The summed E-state index contributed by atoms with van der Waals surface area (Å²) in [4.78, 5) is 14.3. The second kappa shape index (κ2) is 5.02. The van der Waals surface area contributed by atoms with Crippen molar-refractivity contribution in [1.29, 1.82) is 0 Å². The van der Waals surface area contributed by atoms with Gasteiger partial charge < -0.3 is 10.6 Å². The highest BCUT2D eigenvalue weighted by Gasteiger charge is 2.30. The SMILES string of the molecule is CC1(C)CN(C(=O)c2cc(Cl)ccc2N)CCS1. The lowest BCUT2D eigenvalue weighted by Gasteiger charge is -2.37. The molecule has 3 nitrogen and oxygen atoms in total. The molecule has 98 valence electrons. The van der Waals surface area contributed by atoms with Gasteiger partial charge in [0.15, 0.2) is 0 Å². The summed E-state index contributed by atoms with van der Waals surface area (Å²) in [5.74, 6) is 0.933. The molecule has 2 N–H and O–H groups in total. The van der Waals surface area contributed by atoms with Crippen molar-refractivity contribution in [3.63, 3.8) is 0 Å². The van der Waals surface area contributed by atoms with Gasteiger partial charge in [0.1, 0.15) is 0 Å². The summed E-state index contributed by atoms with van der Waals surface area (Å²) in [6, 6.07) is 5.02. The number of nitrogens with zero attached hydrogens (tertiary/aromatic N) is 1. The van der Waals surface area contributed by atoms with Crippen molar-refractivity contribution in [1.82, 2.24) is 4.90 Å². The van der Waals surface area contributed by atoms with E-state index in [9.17, 15) is 4.79 Å². The van der Waals surface area contributed by atoms with Crippen molar-refractivity contribution in [3.8, 4) is 0 Å². The van der Waals surface area contributed by atoms with E-state index in [2.05, 4.69) is 13.8 Å². The van der Waals surface area contributed by atoms with Gasteiger partial charge in [-0.3, -0.25) is 4.79 Å². The summed E-state index contributed by atoms with van der Waals surface area (Å²) >= 11 is 7.82. The number of nitrogen functional groups attached to an aromatic ring is 1. The highest BCUT2D eigenvalue weighted by molar-refractivity contribution is 8.00. The molecule has 2 rings (SSSR count). The van der Waals surface area contributed by atoms with Gasteiger partial charge in [0.05, 0.1) is 5.56 Å². The lowest BCUT2D eigenvalue weighted by atomic mass is 10.1. The Bertz CT molecular complexity index is 476. The summed E-state index contributed by atoms with van der Waals surface area (Å²) in [6.45, 7) is 5.80. The van der Waals surface area contributed by atoms with E-state index < -0.39 is 0 Å². The first kappa shape index (κ1) is 13.6. The monoisotopic (exact) mass is 284 g/mol. The number of carbonyl (C=O) groups is 1. The van der Waals surface area contributed by atoms with Crippen LogP contribution < -0.4 is 5.73 Å². The molecule has 18 heavy (non-hydrogen) atoms. The van der Waals surface area contributed by atoms with E-state index in [1.54, 1.807) is 18.2 Å². The average Bonchev–Trinajstić information content (AvgIpc) is 2.30. The number of amides is 1. The predicted molar refractivity (Wildman–Crippen MR) is 78.3 cm³/mol. The summed E-state index contributed by atoms with van der Waals surface area (Å²) in [6.07, 6.45) is 0. The molecule has 1 aliphatic heterocycles. The molecule has 1 amide bonds. The standard InChI is InChI=1S/C13H17ClN2OS/c1-13(2)8-16(5-6-18-13)12(17)10-7-9(14)3-4-11(10)15/h3-4,7H,5-6,8,15H2,1-2H3. The summed E-state index contributed by atoms with van der Waals surface area (Å²) < 4.78 is 0.0985. The summed E-state index contributed by atoms with van der Waals surface area (Å²) in [5, 5.41) is 0.540. The van der Waals surface area contributed by atoms with Crippen LogP contribution in [-0.2, 0) is 0 Å². The van der Waals surface area contributed by atoms with Gasteiger partial charge in [0, 0.05) is 34.3 Å². The van der Waals surface area contributed by atoms with Gasteiger partial charge in [-0.1, -0.05) is 11.6 Å². The number of benzene rings is 1. The van der Waals surface area contributed by atoms with Crippen molar-refractivity contribution < 1.29 is 4.79 Å². The molecule has 0 unspecified atom stereocenters. The van der Waals surface area contributed by atoms with Gasteiger partial charge in [-0.25, -0.2) is 0 Å². The minimum Gasteiger partial charge on any atom is -0.398 e. The fourth-order valence-electron chi connectivity index (χ4n) is 2.07. The minimum absolute atomic E-state index is 0.0247. The topological polar surface area (TPSA) is 46.3 Å². The van der Waals surface area contributed by atoms with Gasteiger partial charge >= 0.3 is 0 Å². The molecular formula is C13H17ClN2OS. The van der Waals surface area contributed by atoms with E-state index >= 15 is 0 Å². The van der Waals surface area contributed by atoms with E-state index in [1.165, 1.54) is 0 Å². The molecule has 0 aromatic heterocycles. The Balaban J connectivity index is 2.23. The van der Waals surface area contributed by atoms with Crippen LogP contribution in [0.1, 0.15) is 24.2 Å². The number of nitrogens with two attached hydrogens (primary N) is 1. The third-order valence-corrected chi connectivity index (χ3v) is 4.49. The van der Waals surface area contributed by atoms with Crippen molar-refractivity contribution in [2.45, 2.75) is 18.6 Å². The van der Waals surface area contributed by atoms with Gasteiger partial charge in [-0.05, 0) is 32.0 Å². The van der Waals surface area contributed by atoms with Crippen molar-refractivity contribution in [3.05, 3.63) is 28.8 Å². The molecule has 0 bridgehead atoms. The van der Waals surface area contributed by atoms with Crippen LogP contribution in [0.15, 0.2) is 18.2 Å². The van der Waals surface area contributed by atoms with Crippen LogP contribution in [0.5, 0.6) is 0 Å². The zero-order chi connectivity index (χ0) is 13.3. The average molecular weight is 285 g/mol. The smallest absolute Gasteiger partial charge is 0.256 e. The number of thioether (sulfide) groups is 1. The highest BCUT2D eigenvalue weighted by Crippen LogP contribution is 2.31. The van der Waals surface area contributed by atoms with E-state index in [4.69, 9.17) is 17.3 Å². The molecule has 0 aliphatic carbocycles. The Labute approximate surface area is 117 Å². The molecule has 5 heteroatoms. The van der Waals surface area contributed by atoms with Crippen LogP contribution in [0, 0.1) is 0 Å². The molecule has 0 radical (unpaired) electrons. The van der Waals surface area contributed by atoms with Crippen LogP contribution in [0.2, 0.25) is 5.02 Å². The summed E-state index contributed by atoms with van der Waals surface area (Å²) in [5.41, 5.74) is 6.84. The quantitative estimate of drug-likeness (QED) is 0.807. The number of rotatable bonds is 1. The Morgan fingerprint density at radius 1 is 1.50 bits per heavy atom. The maximum absolute atomic E-state index is 12.4. The van der Waals surface area contributed by atoms with Crippen molar-refractivity contribution in [2.75, 3.05) is 24.6 Å². The summed E-state index contributed by atoms with van der Waals surface area (Å²) in [7, 11) is 0. The molecule has 1 aromatic rings. The maximum atomic E-state index is 12.4. The Hall–Kier alpha value is -0.870. The first-order chi connectivity index (χ1) is 8.39. The third-order valence-electron chi connectivity index (χ3n) is 2.96. The van der Waals surface area contributed by atoms with Gasteiger partial charge in [0.25, 0.3) is 5.91 Å². The van der Waals surface area contributed by atoms with Crippen molar-refractivity contribution in [2.24, 2.45) is 0 Å². The van der Waals surface area contributed by atoms with Crippen LogP contribution >= 0.6 is 23.4 Å². The first-order valence-corrected chi connectivity index (χ1v) is 7.24. The number of anilines is 1. The molecule has 1 heterocycles. The normalized spacial score (nSPS) is 18.7. The molecule has 1 aromatic carbocycles. The number of hydrogen-bond donors (Lipinski definition) is 1. The van der Waals surface area contributed by atoms with Gasteiger partial charge in [0.2, 0.25) is 0 Å². The maximum Gasteiger partial charge on any atom is 0.256 e. The van der Waals surface area contributed by atoms with Gasteiger partial charge in [-0.15, -0.1) is 0 Å². The van der Waals surface area contributed by atoms with E-state index in [0.29, 0.717) is 16.3 Å². The fraction of sp³-hybridized carbons (Fsp3) is 0.462. The van der Waals surface area contributed by atoms with E-state index in [-0.39, 0.29) is 10.7 Å². The lowest BCUT2D eigenvalue weighted by molar-refractivity contribution is 0.0749. The Kier molecular flexibility index (Phi) is 3.78. The molecule has 1 saturated heterocycles. The molecule has 1 fully saturated rings. The molecule has 0 atom stereocenters. The van der Waals surface area contributed by atoms with Crippen LogP contribution in [0.3, 0.4) is 0 Å². The second-order valence-corrected chi connectivity index (χ2v) is 7.30. The number of hydrogen-bond acceptors (Lipinski definition) is 3. The van der Waals surface area contributed by atoms with Gasteiger partial charge in [-0.2, -0.15) is 11.8 Å². The van der Waals surface area contributed by atoms with Crippen LogP contribution in [0.25, 0.3) is 0 Å². The lowest BCUT2D eigenvalue weighted by Crippen LogP contribution is -2.46. The molecule has 0 spiro atoms. The number of halogens is 1. The van der Waals surface area contributed by atoms with E-state index in [0.717, 1.165) is 18.8 Å². The highest BCUT2D eigenvalue weighted by atomic mass is 35.5. The largest absolute Gasteiger partial charge is 0.398 e. The predicted octanol–water partition coefficient (Wildman–Crippen LogP) is 2.89. The van der Waals surface area contributed by atoms with Crippen molar-refractivity contribution >= 4 is 35.0 Å². The van der Waals surface area contributed by atoms with Crippen LogP contribution in [0.4, 0.5) is 5.69 Å². The second-order valence-electron chi connectivity index (χ2n) is 5.07. The minimum atomic E-state index is -0.0247. The van der Waals surface area contributed by atoms with E-state index in [1.807, 2.05) is 16.7 Å². The molecule has 0 saturated carbocycles. The zero-order valence-electron chi connectivity index (χ0n) is 10.6. The molecule has 1 aliphatic rings. The van der Waals surface area contributed by atoms with Crippen LogP contribution in [-0.4, -0.2) is 34.4 Å². The number of carbonyl (C=O) groups excluding carboxylic acids is 1. The fourth-order valence-corrected chi connectivity index (χ4v) is 3.36. The molecular weight excluding hydrogens is 268 g/mol. The Morgan fingerprint density at radius 3 is 2.89 bits per heavy atom. The third kappa shape index (κ3) is 2.93.